The second kappa shape index (κ2) is 5.38. The van der Waals surface area contributed by atoms with Gasteiger partial charge >= 0.3 is 0 Å². The minimum Gasteiger partial charge on any atom is -0.383 e. The number of ether oxygens (including phenoxy) is 1. The first-order chi connectivity index (χ1) is 8.27. The van der Waals surface area contributed by atoms with Gasteiger partial charge in [-0.25, -0.2) is 0 Å². The molecule has 0 radical (unpaired) electrons. The van der Waals surface area contributed by atoms with Crippen LogP contribution < -0.4 is 15.5 Å². The molecule has 2 N–H and O–H groups in total. The molecule has 1 unspecified atom stereocenters. The molecule has 4 nitrogen and oxygen atoms in total. The van der Waals surface area contributed by atoms with Crippen LogP contribution in [0.2, 0.25) is 0 Å². The molecule has 0 aromatic heterocycles. The fourth-order valence-electron chi connectivity index (χ4n) is 2.39. The van der Waals surface area contributed by atoms with Crippen LogP contribution in [0.25, 0.3) is 0 Å². The van der Waals surface area contributed by atoms with Crippen molar-refractivity contribution in [1.82, 2.24) is 0 Å². The predicted octanol–water partition coefficient (Wildman–Crippen LogP) is 0.917. The molecule has 0 saturated heterocycles. The standard InChI is InChI=1S/C13H21N3O/c1-15-7-8-16(11(9-14)10-17-2)13-6-4-3-5-12(13)15/h3-6,11H,7-10,14H2,1-2H3. The van der Waals surface area contributed by atoms with E-state index in [-0.39, 0.29) is 6.04 Å². The number of likely N-dealkylation sites (N-methyl/N-ethyl adjacent to an activating group) is 1. The van der Waals surface area contributed by atoms with Crippen LogP contribution in [-0.2, 0) is 4.74 Å². The van der Waals surface area contributed by atoms with Crippen LogP contribution in [-0.4, -0.2) is 46.4 Å². The van der Waals surface area contributed by atoms with E-state index in [0.717, 1.165) is 13.1 Å². The third kappa shape index (κ3) is 2.37. The number of hydrogen-bond donors (Lipinski definition) is 1. The zero-order valence-corrected chi connectivity index (χ0v) is 10.6. The first kappa shape index (κ1) is 12.2. The molecule has 0 fully saturated rings. The van der Waals surface area contributed by atoms with E-state index < -0.39 is 0 Å². The van der Waals surface area contributed by atoms with Gasteiger partial charge in [-0.3, -0.25) is 0 Å². The van der Waals surface area contributed by atoms with Crippen LogP contribution in [0.4, 0.5) is 11.4 Å². The Balaban J connectivity index is 2.28. The molecule has 94 valence electrons. The van der Waals surface area contributed by atoms with Crippen molar-refractivity contribution in [2.75, 3.05) is 50.2 Å². The Morgan fingerprint density at radius 2 is 2.00 bits per heavy atom. The van der Waals surface area contributed by atoms with E-state index in [0.29, 0.717) is 13.2 Å². The SMILES string of the molecule is COCC(CN)N1CCN(C)c2ccccc21. The van der Waals surface area contributed by atoms with Crippen molar-refractivity contribution in [2.45, 2.75) is 6.04 Å². The maximum Gasteiger partial charge on any atom is 0.0678 e. The van der Waals surface area contributed by atoms with Gasteiger partial charge < -0.3 is 20.3 Å². The Morgan fingerprint density at radius 3 is 2.65 bits per heavy atom. The minimum absolute atomic E-state index is 0.259. The van der Waals surface area contributed by atoms with Crippen LogP contribution >= 0.6 is 0 Å². The normalized spacial score (nSPS) is 16.9. The molecule has 17 heavy (non-hydrogen) atoms. The van der Waals surface area contributed by atoms with Gasteiger partial charge in [0, 0.05) is 33.8 Å². The third-order valence-corrected chi connectivity index (χ3v) is 3.35. The lowest BCUT2D eigenvalue weighted by Gasteiger charge is -2.41. The number of fused-ring (bicyclic) bond motifs is 1. The molecular weight excluding hydrogens is 214 g/mol. The van der Waals surface area contributed by atoms with E-state index in [1.807, 2.05) is 0 Å². The van der Waals surface area contributed by atoms with E-state index in [9.17, 15) is 0 Å². The van der Waals surface area contributed by atoms with Gasteiger partial charge in [-0.1, -0.05) is 12.1 Å². The van der Waals surface area contributed by atoms with Crippen LogP contribution in [0.15, 0.2) is 24.3 Å². The number of hydrogen-bond acceptors (Lipinski definition) is 4. The summed E-state index contributed by atoms with van der Waals surface area (Å²) in [6.07, 6.45) is 0. The molecule has 1 aromatic carbocycles. The van der Waals surface area contributed by atoms with E-state index in [1.165, 1.54) is 11.4 Å². The predicted molar refractivity (Wildman–Crippen MR) is 71.8 cm³/mol. The van der Waals surface area contributed by atoms with Gasteiger partial charge in [0.25, 0.3) is 0 Å². The highest BCUT2D eigenvalue weighted by Crippen LogP contribution is 2.32. The zero-order chi connectivity index (χ0) is 12.3. The first-order valence-corrected chi connectivity index (χ1v) is 6.03. The highest BCUT2D eigenvalue weighted by Gasteiger charge is 2.25. The molecule has 0 bridgehead atoms. The average molecular weight is 235 g/mol. The highest BCUT2D eigenvalue weighted by molar-refractivity contribution is 5.73. The van der Waals surface area contributed by atoms with Gasteiger partial charge in [-0.2, -0.15) is 0 Å². The Hall–Kier alpha value is -1.26. The molecule has 1 aromatic rings. The number of benzene rings is 1. The molecule has 4 heteroatoms. The van der Waals surface area contributed by atoms with Crippen molar-refractivity contribution >= 4 is 11.4 Å². The summed E-state index contributed by atoms with van der Waals surface area (Å²) in [4.78, 5) is 4.64. The lowest BCUT2D eigenvalue weighted by atomic mass is 10.1. The maximum absolute atomic E-state index is 5.85. The van der Waals surface area contributed by atoms with E-state index in [1.54, 1.807) is 7.11 Å². The van der Waals surface area contributed by atoms with Gasteiger partial charge in [-0.15, -0.1) is 0 Å². The van der Waals surface area contributed by atoms with Crippen molar-refractivity contribution < 1.29 is 4.74 Å². The number of anilines is 2. The summed E-state index contributed by atoms with van der Waals surface area (Å²) < 4.78 is 5.25. The summed E-state index contributed by atoms with van der Waals surface area (Å²) >= 11 is 0. The molecule has 0 spiro atoms. The topological polar surface area (TPSA) is 41.7 Å². The largest absolute Gasteiger partial charge is 0.383 e. The summed E-state index contributed by atoms with van der Waals surface area (Å²) in [5, 5.41) is 0. The molecule has 0 aliphatic carbocycles. The quantitative estimate of drug-likeness (QED) is 0.842. The highest BCUT2D eigenvalue weighted by atomic mass is 16.5. The molecule has 1 heterocycles. The lowest BCUT2D eigenvalue weighted by molar-refractivity contribution is 0.178. The summed E-state index contributed by atoms with van der Waals surface area (Å²) in [7, 11) is 3.86. The Kier molecular flexibility index (Phi) is 3.86. The van der Waals surface area contributed by atoms with Crippen LogP contribution in [0.1, 0.15) is 0 Å². The number of rotatable bonds is 4. The number of nitrogens with two attached hydrogens (primary N) is 1. The number of para-hydroxylation sites is 2. The molecule has 0 saturated carbocycles. The summed E-state index contributed by atoms with van der Waals surface area (Å²) in [5.41, 5.74) is 8.38. The van der Waals surface area contributed by atoms with Crippen molar-refractivity contribution in [3.05, 3.63) is 24.3 Å². The Labute approximate surface area is 103 Å². The van der Waals surface area contributed by atoms with Gasteiger partial charge in [0.2, 0.25) is 0 Å². The van der Waals surface area contributed by atoms with Crippen LogP contribution in [0, 0.1) is 0 Å². The average Bonchev–Trinajstić information content (AvgIpc) is 2.37. The summed E-state index contributed by atoms with van der Waals surface area (Å²) in [6.45, 7) is 3.32. The molecular formula is C13H21N3O. The van der Waals surface area contributed by atoms with E-state index in [4.69, 9.17) is 10.5 Å². The minimum atomic E-state index is 0.259. The van der Waals surface area contributed by atoms with Crippen molar-refractivity contribution in [1.29, 1.82) is 0 Å². The second-order valence-electron chi connectivity index (χ2n) is 4.45. The van der Waals surface area contributed by atoms with Crippen LogP contribution in [0.5, 0.6) is 0 Å². The summed E-state index contributed by atoms with van der Waals surface area (Å²) in [6, 6.07) is 8.72. The van der Waals surface area contributed by atoms with Crippen LogP contribution in [0.3, 0.4) is 0 Å². The van der Waals surface area contributed by atoms with E-state index >= 15 is 0 Å². The smallest absolute Gasteiger partial charge is 0.0678 e. The van der Waals surface area contributed by atoms with E-state index in [2.05, 4.69) is 41.1 Å². The fourth-order valence-corrected chi connectivity index (χ4v) is 2.39. The van der Waals surface area contributed by atoms with Gasteiger partial charge in [0.15, 0.2) is 0 Å². The number of methoxy groups -OCH3 is 1. The summed E-state index contributed by atoms with van der Waals surface area (Å²) in [5.74, 6) is 0. The Morgan fingerprint density at radius 1 is 1.29 bits per heavy atom. The van der Waals surface area contributed by atoms with Gasteiger partial charge in [-0.05, 0) is 12.1 Å². The zero-order valence-electron chi connectivity index (χ0n) is 10.6. The monoisotopic (exact) mass is 235 g/mol. The molecule has 1 atom stereocenters. The van der Waals surface area contributed by atoms with Gasteiger partial charge in [0.1, 0.15) is 0 Å². The maximum atomic E-state index is 5.85. The Bertz CT molecular complexity index is 369. The molecule has 0 amide bonds. The number of nitrogens with zero attached hydrogens (tertiary/aromatic N) is 2. The molecule has 1 aliphatic rings. The van der Waals surface area contributed by atoms with Crippen molar-refractivity contribution in [3.63, 3.8) is 0 Å². The van der Waals surface area contributed by atoms with Crippen molar-refractivity contribution in [3.8, 4) is 0 Å². The lowest BCUT2D eigenvalue weighted by Crippen LogP contribution is -2.49. The fraction of sp³-hybridized carbons (Fsp3) is 0.538. The first-order valence-electron chi connectivity index (χ1n) is 6.03. The second-order valence-corrected chi connectivity index (χ2v) is 4.45. The van der Waals surface area contributed by atoms with Gasteiger partial charge in [0.05, 0.1) is 24.0 Å². The molecule has 2 rings (SSSR count). The van der Waals surface area contributed by atoms with Crippen molar-refractivity contribution in [2.24, 2.45) is 5.73 Å². The third-order valence-electron chi connectivity index (χ3n) is 3.35. The molecule has 1 aliphatic heterocycles.